The van der Waals surface area contributed by atoms with E-state index in [-0.39, 0.29) is 21.2 Å². The summed E-state index contributed by atoms with van der Waals surface area (Å²) < 4.78 is 3.09. The minimum absolute atomic E-state index is 0.0314. The van der Waals surface area contributed by atoms with Gasteiger partial charge in [-0.25, -0.2) is 0 Å². The van der Waals surface area contributed by atoms with Crippen LogP contribution in [-0.2, 0) is 7.05 Å². The van der Waals surface area contributed by atoms with E-state index in [1.807, 2.05) is 29.9 Å². The van der Waals surface area contributed by atoms with Crippen molar-refractivity contribution >= 4 is 0 Å². The van der Waals surface area contributed by atoms with E-state index in [4.69, 9.17) is 5.26 Å². The van der Waals surface area contributed by atoms with Crippen LogP contribution in [0, 0.1) is 26.7 Å². The van der Waals surface area contributed by atoms with Crippen LogP contribution in [-0.4, -0.2) is 14.5 Å². The van der Waals surface area contributed by atoms with Gasteiger partial charge in [0.15, 0.2) is 0 Å². The quantitative estimate of drug-likeness (QED) is 0.361. The molecule has 4 heteroatoms. The number of hydrogen-bond donors (Lipinski definition) is 0. The first-order valence-electron chi connectivity index (χ1n) is 5.26. The molecule has 0 saturated carbocycles. The molecule has 3 nitrogen and oxygen atoms in total. The van der Waals surface area contributed by atoms with Crippen molar-refractivity contribution in [1.29, 1.82) is 5.26 Å². The van der Waals surface area contributed by atoms with Gasteiger partial charge in [-0.1, -0.05) is 0 Å². The summed E-state index contributed by atoms with van der Waals surface area (Å²) in [6.07, 6.45) is 3.59. The maximum atomic E-state index is 8.97. The molecule has 2 aromatic rings. The van der Waals surface area contributed by atoms with Crippen LogP contribution in [0.15, 0.2) is 30.7 Å². The molecule has 2 rings (SSSR count). The summed E-state index contributed by atoms with van der Waals surface area (Å²) in [5, 5.41) is 8.97. The molecule has 0 atom stereocenters. The summed E-state index contributed by atoms with van der Waals surface area (Å²) in [7, 11) is 1.91. The number of aryl methyl sites for hydroxylation is 1. The summed E-state index contributed by atoms with van der Waals surface area (Å²) in [4.78, 5) is 6.32. The van der Waals surface area contributed by atoms with E-state index in [9.17, 15) is 0 Å². The van der Waals surface area contributed by atoms with E-state index in [0.717, 1.165) is 11.3 Å². The number of rotatable bonds is 1. The minimum atomic E-state index is -0.0314. The van der Waals surface area contributed by atoms with Gasteiger partial charge in [-0.2, -0.15) is 0 Å². The number of aromatic nitrogens is 2. The van der Waals surface area contributed by atoms with Gasteiger partial charge in [-0.05, 0) is 0 Å². The van der Waals surface area contributed by atoms with Gasteiger partial charge in [0.2, 0.25) is 0 Å². The Hall–Kier alpha value is -1.79. The van der Waals surface area contributed by atoms with Gasteiger partial charge in [-0.15, -0.1) is 0 Å². The van der Waals surface area contributed by atoms with Gasteiger partial charge in [0.25, 0.3) is 0 Å². The normalized spacial score (nSPS) is 9.61. The fraction of sp³-hybridized carbons (Fsp3) is 0.143. The SMILES string of the molecule is C[I-]c1cc(C#N)cc(C#Cc2cn(C)cn2)c1. The number of benzene rings is 1. The fourth-order valence-electron chi connectivity index (χ4n) is 1.45. The zero-order chi connectivity index (χ0) is 13.0. The van der Waals surface area contributed by atoms with Crippen LogP contribution in [0.5, 0.6) is 0 Å². The van der Waals surface area contributed by atoms with Crippen LogP contribution in [0.1, 0.15) is 16.8 Å². The van der Waals surface area contributed by atoms with Crippen molar-refractivity contribution < 1.29 is 21.2 Å². The molecule has 18 heavy (non-hydrogen) atoms. The molecule has 0 fully saturated rings. The third-order valence-electron chi connectivity index (χ3n) is 2.28. The van der Waals surface area contributed by atoms with E-state index < -0.39 is 0 Å². The molecule has 0 spiro atoms. The summed E-state index contributed by atoms with van der Waals surface area (Å²) >= 11 is -0.0314. The average Bonchev–Trinajstić information content (AvgIpc) is 2.81. The summed E-state index contributed by atoms with van der Waals surface area (Å²) in [6, 6.07) is 8.00. The fourth-order valence-corrected chi connectivity index (χ4v) is 2.74. The molecule has 0 amide bonds. The molecule has 0 unspecified atom stereocenters. The summed E-state index contributed by atoms with van der Waals surface area (Å²) in [5.74, 6) is 6.07. The molecule has 1 aromatic carbocycles. The second-order valence-electron chi connectivity index (χ2n) is 3.70. The first-order chi connectivity index (χ1) is 8.71. The van der Waals surface area contributed by atoms with Crippen LogP contribution in [0.4, 0.5) is 0 Å². The van der Waals surface area contributed by atoms with Crippen molar-refractivity contribution in [2.24, 2.45) is 7.05 Å². The Morgan fingerprint density at radius 2 is 2.00 bits per heavy atom. The van der Waals surface area contributed by atoms with Crippen LogP contribution in [0.2, 0.25) is 0 Å². The number of alkyl halides is 1. The standard InChI is InChI=1S/C14H11IN3/c1-15-13-6-11(5-12(7-13)8-16)3-4-14-9-18(2)10-17-14/h5-7,9-10H,1-2H3/q-1. The Morgan fingerprint density at radius 3 is 2.61 bits per heavy atom. The molecule has 1 aromatic heterocycles. The predicted octanol–water partition coefficient (Wildman–Crippen LogP) is -1.42. The van der Waals surface area contributed by atoms with Crippen molar-refractivity contribution in [3.8, 4) is 17.9 Å². The maximum absolute atomic E-state index is 8.97. The van der Waals surface area contributed by atoms with E-state index in [2.05, 4.69) is 33.9 Å². The number of halogens is 1. The third-order valence-corrected chi connectivity index (χ3v) is 4.15. The molecule has 0 aliphatic carbocycles. The molecule has 0 N–H and O–H groups in total. The second kappa shape index (κ2) is 5.70. The van der Waals surface area contributed by atoms with Gasteiger partial charge >= 0.3 is 117 Å². The number of hydrogen-bond acceptors (Lipinski definition) is 2. The van der Waals surface area contributed by atoms with Crippen molar-refractivity contribution in [2.75, 3.05) is 4.93 Å². The molecule has 90 valence electrons. The second-order valence-corrected chi connectivity index (χ2v) is 6.03. The molecule has 0 aliphatic heterocycles. The van der Waals surface area contributed by atoms with Crippen LogP contribution in [0.3, 0.4) is 0 Å². The van der Waals surface area contributed by atoms with E-state index in [1.54, 1.807) is 6.33 Å². The Balaban J connectivity index is 2.35. The summed E-state index contributed by atoms with van der Waals surface area (Å²) in [6.45, 7) is 0. The van der Waals surface area contributed by atoms with Crippen molar-refractivity contribution in [3.63, 3.8) is 0 Å². The van der Waals surface area contributed by atoms with Gasteiger partial charge in [0.1, 0.15) is 0 Å². The number of nitriles is 1. The van der Waals surface area contributed by atoms with E-state index >= 15 is 0 Å². The molecular weight excluding hydrogens is 337 g/mol. The molecule has 0 bridgehead atoms. The molecular formula is C14H11IN3-. The summed E-state index contributed by atoms with van der Waals surface area (Å²) in [5.41, 5.74) is 2.31. The van der Waals surface area contributed by atoms with Gasteiger partial charge in [-0.3, -0.25) is 0 Å². The predicted molar refractivity (Wildman–Crippen MR) is 65.0 cm³/mol. The molecule has 0 saturated heterocycles. The van der Waals surface area contributed by atoms with E-state index in [1.165, 1.54) is 3.57 Å². The van der Waals surface area contributed by atoms with Crippen LogP contribution < -0.4 is 21.2 Å². The molecule has 0 radical (unpaired) electrons. The van der Waals surface area contributed by atoms with E-state index in [0.29, 0.717) is 5.56 Å². The average molecular weight is 348 g/mol. The Labute approximate surface area is 117 Å². The van der Waals surface area contributed by atoms with Gasteiger partial charge in [0.05, 0.1) is 0 Å². The van der Waals surface area contributed by atoms with Crippen molar-refractivity contribution in [3.05, 3.63) is 51.1 Å². The van der Waals surface area contributed by atoms with Crippen LogP contribution in [0.25, 0.3) is 0 Å². The van der Waals surface area contributed by atoms with Gasteiger partial charge < -0.3 is 0 Å². The Morgan fingerprint density at radius 1 is 1.22 bits per heavy atom. The first-order valence-corrected chi connectivity index (χ1v) is 8.49. The number of nitrogens with zero attached hydrogens (tertiary/aromatic N) is 3. The van der Waals surface area contributed by atoms with Crippen molar-refractivity contribution in [2.45, 2.75) is 0 Å². The van der Waals surface area contributed by atoms with Crippen LogP contribution >= 0.6 is 0 Å². The Kier molecular flexibility index (Phi) is 4.01. The zero-order valence-electron chi connectivity index (χ0n) is 10.1. The third kappa shape index (κ3) is 3.12. The Bertz CT molecular complexity index is 668. The van der Waals surface area contributed by atoms with Gasteiger partial charge in [0, 0.05) is 0 Å². The monoisotopic (exact) mass is 348 g/mol. The molecule has 0 aliphatic rings. The number of imidazole rings is 1. The zero-order valence-corrected chi connectivity index (χ0v) is 12.3. The van der Waals surface area contributed by atoms with Crippen molar-refractivity contribution in [1.82, 2.24) is 9.55 Å². The first kappa shape index (κ1) is 12.7. The topological polar surface area (TPSA) is 41.6 Å². The molecule has 1 heterocycles.